The average molecular weight is 425 g/mol. The third-order valence-electron chi connectivity index (χ3n) is 5.72. The Labute approximate surface area is 175 Å². The molecule has 2 fully saturated rings. The van der Waals surface area contributed by atoms with Gasteiger partial charge >= 0.3 is 5.69 Å². The number of fused-ring (bicyclic) bond motifs is 1. The van der Waals surface area contributed by atoms with Crippen LogP contribution in [0.15, 0.2) is 16.0 Å². The summed E-state index contributed by atoms with van der Waals surface area (Å²) in [6.07, 6.45) is 8.28. The lowest BCUT2D eigenvalue weighted by Gasteiger charge is -2.27. The van der Waals surface area contributed by atoms with Crippen LogP contribution in [0.2, 0.25) is 0 Å². The van der Waals surface area contributed by atoms with Gasteiger partial charge in [-0.05, 0) is 44.6 Å². The number of primary amides is 1. The molecular formula is C19H23N9O3. The van der Waals surface area contributed by atoms with Crippen molar-refractivity contribution in [3.63, 3.8) is 0 Å². The summed E-state index contributed by atoms with van der Waals surface area (Å²) in [6, 6.07) is 0.367. The SMILES string of the molecule is NC(=O)C1CCC(Nc2nc(=NC3CC3)n3ncc(=Cc4[nH]c(=O)[nH]c4O)c3n2)CC1. The minimum atomic E-state index is -0.506. The second-order valence-corrected chi connectivity index (χ2v) is 8.12. The minimum absolute atomic E-state index is 0.0749. The maximum atomic E-state index is 11.4. The molecular weight excluding hydrogens is 402 g/mol. The molecule has 0 unspecified atom stereocenters. The molecule has 162 valence electrons. The normalized spacial score (nSPS) is 22.8. The molecule has 3 aromatic rings. The average Bonchev–Trinajstić information content (AvgIpc) is 3.37. The summed E-state index contributed by atoms with van der Waals surface area (Å²) in [5.74, 6) is -0.150. The smallest absolute Gasteiger partial charge is 0.326 e. The summed E-state index contributed by atoms with van der Waals surface area (Å²) < 4.78 is 1.56. The number of aromatic amines is 2. The molecule has 12 nitrogen and oxygen atoms in total. The molecule has 2 aliphatic carbocycles. The van der Waals surface area contributed by atoms with E-state index in [0.29, 0.717) is 22.4 Å². The first-order chi connectivity index (χ1) is 15.0. The predicted molar refractivity (Wildman–Crippen MR) is 110 cm³/mol. The predicted octanol–water partition coefficient (Wildman–Crippen LogP) is -1.09. The molecule has 0 aromatic carbocycles. The van der Waals surface area contributed by atoms with Crippen molar-refractivity contribution >= 4 is 23.6 Å². The Bertz CT molecular complexity index is 1310. The Morgan fingerprint density at radius 2 is 2.00 bits per heavy atom. The number of nitrogens with two attached hydrogens (primary N) is 1. The zero-order valence-electron chi connectivity index (χ0n) is 16.7. The molecule has 3 heterocycles. The largest absolute Gasteiger partial charge is 0.493 e. The first kappa shape index (κ1) is 19.3. The Balaban J connectivity index is 1.52. The van der Waals surface area contributed by atoms with Crippen LogP contribution in [0.25, 0.3) is 11.7 Å². The van der Waals surface area contributed by atoms with Crippen LogP contribution in [0.5, 0.6) is 5.88 Å². The molecule has 31 heavy (non-hydrogen) atoms. The van der Waals surface area contributed by atoms with E-state index in [4.69, 9.17) is 5.73 Å². The van der Waals surface area contributed by atoms with E-state index in [1.807, 2.05) is 0 Å². The highest BCUT2D eigenvalue weighted by Crippen LogP contribution is 2.25. The molecule has 1 amide bonds. The summed E-state index contributed by atoms with van der Waals surface area (Å²) >= 11 is 0. The van der Waals surface area contributed by atoms with E-state index in [9.17, 15) is 14.7 Å². The Kier molecular flexibility index (Phi) is 4.68. The van der Waals surface area contributed by atoms with E-state index in [1.54, 1.807) is 16.8 Å². The summed E-state index contributed by atoms with van der Waals surface area (Å²) in [4.78, 5) is 41.5. The summed E-state index contributed by atoms with van der Waals surface area (Å²) in [7, 11) is 0. The highest BCUT2D eigenvalue weighted by atomic mass is 16.3. The van der Waals surface area contributed by atoms with Crippen molar-refractivity contribution in [1.29, 1.82) is 0 Å². The lowest BCUT2D eigenvalue weighted by atomic mass is 9.86. The molecule has 0 radical (unpaired) electrons. The van der Waals surface area contributed by atoms with Gasteiger partial charge in [-0.25, -0.2) is 9.79 Å². The number of nitrogens with zero attached hydrogens (tertiary/aromatic N) is 5. The molecule has 0 aliphatic heterocycles. The highest BCUT2D eigenvalue weighted by molar-refractivity contribution is 5.76. The van der Waals surface area contributed by atoms with Gasteiger partial charge in [0.15, 0.2) is 5.65 Å². The molecule has 0 spiro atoms. The highest BCUT2D eigenvalue weighted by Gasteiger charge is 2.25. The topological polar surface area (TPSA) is 179 Å². The number of hydrogen-bond acceptors (Lipinski definition) is 8. The summed E-state index contributed by atoms with van der Waals surface area (Å²) in [5, 5.41) is 18.2. The maximum Gasteiger partial charge on any atom is 0.326 e. The van der Waals surface area contributed by atoms with Crippen molar-refractivity contribution < 1.29 is 9.90 Å². The molecule has 3 aromatic heterocycles. The van der Waals surface area contributed by atoms with Crippen LogP contribution in [-0.2, 0) is 4.79 Å². The number of imidazole rings is 1. The van der Waals surface area contributed by atoms with Gasteiger partial charge in [0.25, 0.3) is 5.62 Å². The Morgan fingerprint density at radius 1 is 1.23 bits per heavy atom. The van der Waals surface area contributed by atoms with Gasteiger partial charge < -0.3 is 21.1 Å². The molecule has 6 N–H and O–H groups in total. The quantitative estimate of drug-likeness (QED) is 0.344. The first-order valence-corrected chi connectivity index (χ1v) is 10.3. The number of nitrogens with one attached hydrogen (secondary N) is 3. The van der Waals surface area contributed by atoms with E-state index in [0.717, 1.165) is 38.5 Å². The van der Waals surface area contributed by atoms with Gasteiger partial charge in [-0.3, -0.25) is 9.78 Å². The second kappa shape index (κ2) is 7.52. The van der Waals surface area contributed by atoms with Crippen molar-refractivity contribution in [2.24, 2.45) is 16.6 Å². The lowest BCUT2D eigenvalue weighted by Crippen LogP contribution is -2.34. The molecule has 0 bridgehead atoms. The molecule has 2 saturated carbocycles. The number of aromatic nitrogens is 6. The van der Waals surface area contributed by atoms with E-state index in [1.165, 1.54) is 0 Å². The first-order valence-electron chi connectivity index (χ1n) is 10.3. The Morgan fingerprint density at radius 3 is 2.65 bits per heavy atom. The van der Waals surface area contributed by atoms with Crippen LogP contribution in [0.4, 0.5) is 5.95 Å². The van der Waals surface area contributed by atoms with Crippen LogP contribution in [0.1, 0.15) is 44.2 Å². The van der Waals surface area contributed by atoms with Crippen LogP contribution in [0, 0.1) is 5.92 Å². The van der Waals surface area contributed by atoms with Gasteiger partial charge in [0, 0.05) is 17.2 Å². The number of H-pyrrole nitrogens is 2. The number of hydrogen-bond donors (Lipinski definition) is 5. The van der Waals surface area contributed by atoms with Crippen LogP contribution in [0.3, 0.4) is 0 Å². The van der Waals surface area contributed by atoms with Crippen LogP contribution < -0.4 is 27.6 Å². The van der Waals surface area contributed by atoms with Gasteiger partial charge in [0.2, 0.25) is 17.7 Å². The zero-order chi connectivity index (χ0) is 21.5. The van der Waals surface area contributed by atoms with Crippen molar-refractivity contribution in [1.82, 2.24) is 29.5 Å². The van der Waals surface area contributed by atoms with Crippen LogP contribution >= 0.6 is 0 Å². The minimum Gasteiger partial charge on any atom is -0.493 e. The van der Waals surface area contributed by atoms with Crippen molar-refractivity contribution in [2.75, 3.05) is 5.32 Å². The maximum absolute atomic E-state index is 11.4. The third-order valence-corrected chi connectivity index (χ3v) is 5.72. The van der Waals surface area contributed by atoms with Gasteiger partial charge in [-0.15, -0.1) is 0 Å². The number of carbonyl (C=O) groups excluding carboxylic acids is 1. The lowest BCUT2D eigenvalue weighted by molar-refractivity contribution is -0.122. The molecule has 0 atom stereocenters. The van der Waals surface area contributed by atoms with E-state index in [-0.39, 0.29) is 35.5 Å². The monoisotopic (exact) mass is 425 g/mol. The molecule has 5 rings (SSSR count). The molecule has 12 heteroatoms. The summed E-state index contributed by atoms with van der Waals surface area (Å²) in [6.45, 7) is 0. The van der Waals surface area contributed by atoms with Crippen molar-refractivity contribution in [3.05, 3.63) is 33.2 Å². The van der Waals surface area contributed by atoms with Gasteiger partial charge in [-0.2, -0.15) is 19.6 Å². The Hall–Kier alpha value is -3.70. The fourth-order valence-electron chi connectivity index (χ4n) is 3.85. The number of rotatable bonds is 5. The number of aromatic hydroxyl groups is 1. The van der Waals surface area contributed by atoms with E-state index in [2.05, 4.69) is 35.3 Å². The molecule has 0 saturated heterocycles. The van der Waals surface area contributed by atoms with E-state index >= 15 is 0 Å². The van der Waals surface area contributed by atoms with Crippen molar-refractivity contribution in [3.8, 4) is 5.88 Å². The zero-order valence-corrected chi connectivity index (χ0v) is 16.7. The third kappa shape index (κ3) is 4.00. The van der Waals surface area contributed by atoms with E-state index < -0.39 is 5.69 Å². The van der Waals surface area contributed by atoms with Crippen LogP contribution in [-0.4, -0.2) is 52.6 Å². The number of amides is 1. The summed E-state index contributed by atoms with van der Waals surface area (Å²) in [5.41, 5.74) is 6.11. The van der Waals surface area contributed by atoms with Gasteiger partial charge in [-0.1, -0.05) is 0 Å². The van der Waals surface area contributed by atoms with Crippen molar-refractivity contribution in [2.45, 2.75) is 50.6 Å². The van der Waals surface area contributed by atoms with Gasteiger partial charge in [0.1, 0.15) is 5.69 Å². The van der Waals surface area contributed by atoms with Gasteiger partial charge in [0.05, 0.1) is 12.2 Å². The number of anilines is 1. The fraction of sp³-hybridized carbons (Fsp3) is 0.474. The molecule has 2 aliphatic rings. The second-order valence-electron chi connectivity index (χ2n) is 8.12. The fourth-order valence-corrected chi connectivity index (χ4v) is 3.85. The standard InChI is InChI=1S/C19H23N9O3/c20-14(29)9-1-3-11(4-2-9)22-17-25-15-10(7-13-16(30)26-19(31)24-13)8-21-28(15)18(27-17)23-12-5-6-12/h7-9,11-12,30H,1-6H2,(H2,20,29)(H,22,23,27)(H2,24,26,31). The number of carbonyl (C=O) groups is 1.